The molecule has 0 aromatic carbocycles. The van der Waals surface area contributed by atoms with Gasteiger partial charge in [0.05, 0.1) is 4.92 Å². The van der Waals surface area contributed by atoms with E-state index in [2.05, 4.69) is 14.9 Å². The predicted octanol–water partition coefficient (Wildman–Crippen LogP) is 1.82. The van der Waals surface area contributed by atoms with Gasteiger partial charge in [-0.2, -0.15) is 4.98 Å². The van der Waals surface area contributed by atoms with Gasteiger partial charge in [-0.15, -0.1) is 0 Å². The van der Waals surface area contributed by atoms with Crippen LogP contribution in [0.5, 0.6) is 5.88 Å². The first kappa shape index (κ1) is 14.0. The third-order valence-corrected chi connectivity index (χ3v) is 3.20. The number of rotatable bonds is 5. The quantitative estimate of drug-likeness (QED) is 0.466. The van der Waals surface area contributed by atoms with Crippen molar-refractivity contribution in [1.82, 2.24) is 14.9 Å². The van der Waals surface area contributed by atoms with Crippen LogP contribution in [0.4, 0.5) is 5.69 Å². The van der Waals surface area contributed by atoms with Gasteiger partial charge in [0, 0.05) is 6.54 Å². The summed E-state index contributed by atoms with van der Waals surface area (Å²) in [7, 11) is 0. The molecule has 1 aromatic heterocycles. The molecule has 1 aromatic rings. The van der Waals surface area contributed by atoms with E-state index in [1.165, 1.54) is 19.8 Å². The van der Waals surface area contributed by atoms with Crippen molar-refractivity contribution in [3.05, 3.63) is 21.1 Å². The van der Waals surface area contributed by atoms with Gasteiger partial charge in [0.25, 0.3) is 5.88 Å². The molecule has 0 spiro atoms. The molecule has 0 saturated carbocycles. The van der Waals surface area contributed by atoms with Crippen molar-refractivity contribution in [1.29, 1.82) is 0 Å². The maximum Gasteiger partial charge on any atom is 0.352 e. The van der Waals surface area contributed by atoms with Crippen molar-refractivity contribution >= 4 is 17.3 Å². The van der Waals surface area contributed by atoms with Crippen LogP contribution in [0.15, 0.2) is 0 Å². The summed E-state index contributed by atoms with van der Waals surface area (Å²) in [5.41, 5.74) is -0.00741. The molecule has 0 aliphatic carbocycles. The Morgan fingerprint density at radius 2 is 2.11 bits per heavy atom. The van der Waals surface area contributed by atoms with Crippen molar-refractivity contribution < 1.29 is 9.66 Å². The number of likely N-dealkylation sites (tertiary alicyclic amines) is 1. The van der Waals surface area contributed by atoms with Gasteiger partial charge >= 0.3 is 5.69 Å². The minimum atomic E-state index is -0.545. The Morgan fingerprint density at radius 1 is 1.42 bits per heavy atom. The minimum absolute atomic E-state index is 0.0423. The van der Waals surface area contributed by atoms with Gasteiger partial charge in [-0.3, -0.25) is 15.0 Å². The van der Waals surface area contributed by atoms with E-state index in [1.807, 2.05) is 0 Å². The van der Waals surface area contributed by atoms with E-state index >= 15 is 0 Å². The summed E-state index contributed by atoms with van der Waals surface area (Å²) in [5, 5.41) is 10.9. The van der Waals surface area contributed by atoms with Gasteiger partial charge in [0.15, 0.2) is 0 Å². The summed E-state index contributed by atoms with van der Waals surface area (Å²) < 4.78 is 5.40. The van der Waals surface area contributed by atoms with E-state index in [-0.39, 0.29) is 22.5 Å². The Hall–Kier alpha value is -1.47. The van der Waals surface area contributed by atoms with Crippen LogP contribution in [0.1, 0.15) is 18.5 Å². The van der Waals surface area contributed by atoms with E-state index in [9.17, 15) is 10.1 Å². The van der Waals surface area contributed by atoms with Gasteiger partial charge in [-0.1, -0.05) is 0 Å². The third kappa shape index (κ3) is 3.51. The first-order chi connectivity index (χ1) is 9.08. The van der Waals surface area contributed by atoms with Crippen molar-refractivity contribution in [2.24, 2.45) is 0 Å². The predicted molar refractivity (Wildman–Crippen MR) is 69.6 cm³/mol. The highest BCUT2D eigenvalue weighted by Crippen LogP contribution is 2.28. The zero-order chi connectivity index (χ0) is 13.8. The largest absolute Gasteiger partial charge is 0.471 e. The highest BCUT2D eigenvalue weighted by Gasteiger charge is 2.23. The van der Waals surface area contributed by atoms with Crippen LogP contribution in [-0.2, 0) is 0 Å². The highest BCUT2D eigenvalue weighted by atomic mass is 35.5. The second-order valence-corrected chi connectivity index (χ2v) is 4.72. The summed E-state index contributed by atoms with van der Waals surface area (Å²) in [6.45, 7) is 4.70. The van der Waals surface area contributed by atoms with E-state index in [0.717, 1.165) is 19.6 Å². The molecule has 1 aliphatic rings. The van der Waals surface area contributed by atoms with Gasteiger partial charge in [0.2, 0.25) is 5.28 Å². The molecule has 0 N–H and O–H groups in total. The molecular weight excluding hydrogens is 272 g/mol. The molecule has 7 nitrogen and oxygen atoms in total. The Labute approximate surface area is 115 Å². The lowest BCUT2D eigenvalue weighted by atomic mass is 10.4. The number of aromatic nitrogens is 2. The van der Waals surface area contributed by atoms with Crippen LogP contribution in [0, 0.1) is 17.0 Å². The molecule has 1 fully saturated rings. The van der Waals surface area contributed by atoms with E-state index < -0.39 is 4.92 Å². The summed E-state index contributed by atoms with van der Waals surface area (Å²) in [6.07, 6.45) is 2.39. The smallest absolute Gasteiger partial charge is 0.352 e. The second kappa shape index (κ2) is 6.12. The number of aryl methyl sites for hydroxylation is 1. The molecule has 2 heterocycles. The average Bonchev–Trinajstić information content (AvgIpc) is 2.80. The monoisotopic (exact) mass is 286 g/mol. The molecule has 0 radical (unpaired) electrons. The molecule has 1 aliphatic heterocycles. The minimum Gasteiger partial charge on any atom is -0.471 e. The molecule has 0 unspecified atom stereocenters. The topological polar surface area (TPSA) is 81.4 Å². The first-order valence-electron chi connectivity index (χ1n) is 6.11. The van der Waals surface area contributed by atoms with Crippen LogP contribution in [-0.4, -0.2) is 46.0 Å². The van der Waals surface area contributed by atoms with Gasteiger partial charge in [-0.05, 0) is 44.5 Å². The number of nitrogens with zero attached hydrogens (tertiary/aromatic N) is 4. The molecule has 0 amide bonds. The molecule has 19 heavy (non-hydrogen) atoms. The molecule has 1 saturated heterocycles. The molecule has 8 heteroatoms. The normalized spacial score (nSPS) is 15.7. The first-order valence-corrected chi connectivity index (χ1v) is 6.49. The Morgan fingerprint density at radius 3 is 2.74 bits per heavy atom. The number of halogens is 1. The lowest BCUT2D eigenvalue weighted by molar-refractivity contribution is -0.387. The number of hydrogen-bond donors (Lipinski definition) is 0. The molecular formula is C11H15ClN4O3. The van der Waals surface area contributed by atoms with Crippen molar-refractivity contribution in [3.8, 4) is 5.88 Å². The Kier molecular flexibility index (Phi) is 4.49. The van der Waals surface area contributed by atoms with Crippen LogP contribution >= 0.6 is 11.6 Å². The lowest BCUT2D eigenvalue weighted by Gasteiger charge is -2.14. The summed E-state index contributed by atoms with van der Waals surface area (Å²) in [4.78, 5) is 20.2. The number of ether oxygens (including phenoxy) is 1. The lowest BCUT2D eigenvalue weighted by Crippen LogP contribution is -2.25. The van der Waals surface area contributed by atoms with Crippen LogP contribution in [0.3, 0.4) is 0 Å². The Bertz CT molecular complexity index is 477. The van der Waals surface area contributed by atoms with E-state index in [4.69, 9.17) is 16.3 Å². The second-order valence-electron chi connectivity index (χ2n) is 4.39. The van der Waals surface area contributed by atoms with Crippen molar-refractivity contribution in [3.63, 3.8) is 0 Å². The third-order valence-electron chi connectivity index (χ3n) is 3.03. The van der Waals surface area contributed by atoms with Crippen LogP contribution in [0.25, 0.3) is 0 Å². The zero-order valence-electron chi connectivity index (χ0n) is 10.6. The van der Waals surface area contributed by atoms with Crippen LogP contribution in [0.2, 0.25) is 5.28 Å². The fourth-order valence-corrected chi connectivity index (χ4v) is 2.30. The fraction of sp³-hybridized carbons (Fsp3) is 0.636. The Balaban J connectivity index is 2.03. The van der Waals surface area contributed by atoms with Crippen molar-refractivity contribution in [2.75, 3.05) is 26.2 Å². The van der Waals surface area contributed by atoms with Crippen LogP contribution < -0.4 is 4.74 Å². The molecule has 104 valence electrons. The maximum absolute atomic E-state index is 11.0. The molecule has 2 rings (SSSR count). The highest BCUT2D eigenvalue weighted by molar-refractivity contribution is 6.28. The molecule has 0 bridgehead atoms. The van der Waals surface area contributed by atoms with Gasteiger partial charge in [-0.25, -0.2) is 4.98 Å². The number of nitro groups is 1. The SMILES string of the molecule is Cc1nc(Cl)nc(OCCN2CCCC2)c1[N+](=O)[O-]. The maximum atomic E-state index is 11.0. The summed E-state index contributed by atoms with van der Waals surface area (Å²) >= 11 is 5.70. The molecule has 0 atom stereocenters. The summed E-state index contributed by atoms with van der Waals surface area (Å²) in [5.74, 6) is -0.0540. The zero-order valence-corrected chi connectivity index (χ0v) is 11.4. The average molecular weight is 287 g/mol. The van der Waals surface area contributed by atoms with E-state index in [1.54, 1.807) is 0 Å². The summed E-state index contributed by atoms with van der Waals surface area (Å²) in [6, 6.07) is 0. The van der Waals surface area contributed by atoms with Gasteiger partial charge in [0.1, 0.15) is 12.3 Å². The number of hydrogen-bond acceptors (Lipinski definition) is 6. The van der Waals surface area contributed by atoms with E-state index in [0.29, 0.717) is 6.61 Å². The van der Waals surface area contributed by atoms with Crippen molar-refractivity contribution in [2.45, 2.75) is 19.8 Å². The van der Waals surface area contributed by atoms with Gasteiger partial charge < -0.3 is 4.74 Å². The standard InChI is InChI=1S/C11H15ClN4O3/c1-8-9(16(17)18)10(14-11(12)13-8)19-7-6-15-4-2-3-5-15/h2-7H2,1H3. The fourth-order valence-electron chi connectivity index (χ4n) is 2.10.